The molecule has 2 aromatic carbocycles. The van der Waals surface area contributed by atoms with Crippen LogP contribution in [0.5, 0.6) is 28.7 Å². The van der Waals surface area contributed by atoms with Crippen LogP contribution in [0.4, 0.5) is 5.69 Å². The van der Waals surface area contributed by atoms with Crippen LogP contribution < -0.4 is 33.9 Å². The second kappa shape index (κ2) is 12.5. The quantitative estimate of drug-likeness (QED) is 0.372. The second-order valence-corrected chi connectivity index (χ2v) is 9.07. The van der Waals surface area contributed by atoms with Gasteiger partial charge in [0.2, 0.25) is 11.7 Å². The molecule has 1 aliphatic rings. The van der Waals surface area contributed by atoms with Gasteiger partial charge in [-0.3, -0.25) is 14.5 Å². The molecule has 1 fully saturated rings. The summed E-state index contributed by atoms with van der Waals surface area (Å²) in [4.78, 5) is 29.6. The van der Waals surface area contributed by atoms with Crippen LogP contribution in [0.25, 0.3) is 0 Å². The van der Waals surface area contributed by atoms with Gasteiger partial charge < -0.3 is 33.4 Å². The summed E-state index contributed by atoms with van der Waals surface area (Å²) in [5, 5.41) is 3.15. The van der Waals surface area contributed by atoms with Crippen LogP contribution in [0.3, 0.4) is 0 Å². The highest BCUT2D eigenvalue weighted by Crippen LogP contribution is 2.43. The number of methoxy groups -OCH3 is 5. The maximum atomic E-state index is 14.1. The number of anilines is 1. The molecule has 0 bridgehead atoms. The minimum Gasteiger partial charge on any atom is -0.497 e. The van der Waals surface area contributed by atoms with Crippen LogP contribution >= 0.6 is 0 Å². The van der Waals surface area contributed by atoms with Crippen molar-refractivity contribution in [3.63, 3.8) is 0 Å². The number of carbonyl (C=O) groups excluding carboxylic acids is 2. The first-order valence-corrected chi connectivity index (χ1v) is 12.6. The molecule has 10 heteroatoms. The number of ether oxygens (including phenoxy) is 5. The zero-order chi connectivity index (χ0) is 27.9. The molecule has 1 aliphatic carbocycles. The number of nitrogens with one attached hydrogen (secondary N) is 1. The van der Waals surface area contributed by atoms with Crippen molar-refractivity contribution in [2.24, 2.45) is 0 Å². The van der Waals surface area contributed by atoms with Gasteiger partial charge in [-0.2, -0.15) is 0 Å². The zero-order valence-corrected chi connectivity index (χ0v) is 22.8. The van der Waals surface area contributed by atoms with E-state index in [1.807, 2.05) is 0 Å². The maximum absolute atomic E-state index is 14.1. The Morgan fingerprint density at radius 1 is 0.872 bits per heavy atom. The molecule has 1 unspecified atom stereocenters. The molecule has 0 aliphatic heterocycles. The number of furan rings is 1. The predicted octanol–water partition coefficient (Wildman–Crippen LogP) is 4.77. The number of hydrogen-bond donors (Lipinski definition) is 1. The summed E-state index contributed by atoms with van der Waals surface area (Å²) in [5.41, 5.74) is 0.814. The molecule has 1 heterocycles. The maximum Gasteiger partial charge on any atom is 0.294 e. The Hall–Kier alpha value is -4.34. The van der Waals surface area contributed by atoms with E-state index in [9.17, 15) is 9.59 Å². The highest BCUT2D eigenvalue weighted by Gasteiger charge is 2.37. The fourth-order valence-corrected chi connectivity index (χ4v) is 4.86. The van der Waals surface area contributed by atoms with Crippen LogP contribution in [0, 0.1) is 0 Å². The lowest BCUT2D eigenvalue weighted by molar-refractivity contribution is -0.123. The van der Waals surface area contributed by atoms with Crippen molar-refractivity contribution < 1.29 is 37.7 Å². The van der Waals surface area contributed by atoms with Crippen LogP contribution in [0.15, 0.2) is 53.1 Å². The van der Waals surface area contributed by atoms with Gasteiger partial charge in [-0.1, -0.05) is 12.8 Å². The Balaban J connectivity index is 1.95. The lowest BCUT2D eigenvalue weighted by Crippen LogP contribution is -2.46. The van der Waals surface area contributed by atoms with Crippen molar-refractivity contribution in [3.8, 4) is 28.7 Å². The van der Waals surface area contributed by atoms with Crippen molar-refractivity contribution in [1.29, 1.82) is 0 Å². The predicted molar refractivity (Wildman–Crippen MR) is 144 cm³/mol. The van der Waals surface area contributed by atoms with Crippen molar-refractivity contribution in [2.75, 3.05) is 40.4 Å². The third kappa shape index (κ3) is 5.89. The van der Waals surface area contributed by atoms with Crippen molar-refractivity contribution in [1.82, 2.24) is 5.32 Å². The average molecular weight is 539 g/mol. The van der Waals surface area contributed by atoms with E-state index in [0.29, 0.717) is 40.0 Å². The minimum absolute atomic E-state index is 0.00227. The van der Waals surface area contributed by atoms with E-state index in [0.717, 1.165) is 25.7 Å². The first-order chi connectivity index (χ1) is 18.9. The highest BCUT2D eigenvalue weighted by atomic mass is 16.5. The lowest BCUT2D eigenvalue weighted by Gasteiger charge is -2.32. The van der Waals surface area contributed by atoms with Crippen LogP contribution in [-0.4, -0.2) is 53.4 Å². The Labute approximate surface area is 227 Å². The molecule has 208 valence electrons. The highest BCUT2D eigenvalue weighted by molar-refractivity contribution is 6.09. The van der Waals surface area contributed by atoms with Crippen molar-refractivity contribution in [3.05, 3.63) is 60.1 Å². The summed E-state index contributed by atoms with van der Waals surface area (Å²) < 4.78 is 33.1. The third-order valence-electron chi connectivity index (χ3n) is 6.78. The van der Waals surface area contributed by atoms with Crippen LogP contribution in [0.1, 0.15) is 47.8 Å². The summed E-state index contributed by atoms with van der Waals surface area (Å²) in [6.07, 6.45) is 5.20. The van der Waals surface area contributed by atoms with E-state index in [1.165, 1.54) is 46.7 Å². The van der Waals surface area contributed by atoms with Gasteiger partial charge in [0.15, 0.2) is 17.3 Å². The number of hydrogen-bond acceptors (Lipinski definition) is 8. The van der Waals surface area contributed by atoms with Gasteiger partial charge in [0.1, 0.15) is 17.5 Å². The van der Waals surface area contributed by atoms with E-state index in [-0.39, 0.29) is 17.7 Å². The zero-order valence-electron chi connectivity index (χ0n) is 22.8. The van der Waals surface area contributed by atoms with Gasteiger partial charge >= 0.3 is 0 Å². The number of benzene rings is 2. The standard InChI is InChI=1S/C29H34N2O8/c1-34-21-15-20(16-22(17-21)35-2)31(29(33)23-11-8-12-39-23)26(28(32)30-19-9-6-7-10-19)18-13-24(36-3)27(38-5)25(14-18)37-4/h8,11-17,19,26H,6-7,9-10H2,1-5H3,(H,30,32). The molecule has 1 atom stereocenters. The van der Waals surface area contributed by atoms with E-state index in [2.05, 4.69) is 5.32 Å². The van der Waals surface area contributed by atoms with Crippen LogP contribution in [0.2, 0.25) is 0 Å². The van der Waals surface area contributed by atoms with Gasteiger partial charge in [-0.25, -0.2) is 0 Å². The summed E-state index contributed by atoms with van der Waals surface area (Å²) in [6, 6.07) is 10.4. The normalized spacial score (nSPS) is 13.9. The smallest absolute Gasteiger partial charge is 0.294 e. The van der Waals surface area contributed by atoms with Crippen molar-refractivity contribution >= 4 is 17.5 Å². The molecule has 2 amide bonds. The number of rotatable bonds is 11. The third-order valence-corrected chi connectivity index (χ3v) is 6.78. The monoisotopic (exact) mass is 538 g/mol. The first-order valence-electron chi connectivity index (χ1n) is 12.6. The molecular weight excluding hydrogens is 504 g/mol. The number of carbonyl (C=O) groups is 2. The lowest BCUT2D eigenvalue weighted by atomic mass is 10.0. The van der Waals surface area contributed by atoms with E-state index < -0.39 is 11.9 Å². The molecule has 10 nitrogen and oxygen atoms in total. The topological polar surface area (TPSA) is 109 Å². The van der Waals surface area contributed by atoms with E-state index in [1.54, 1.807) is 42.5 Å². The number of amides is 2. The molecule has 3 aromatic rings. The van der Waals surface area contributed by atoms with Gasteiger partial charge in [0.25, 0.3) is 5.91 Å². The molecule has 0 radical (unpaired) electrons. The molecular formula is C29H34N2O8. The first kappa shape index (κ1) is 27.7. The largest absolute Gasteiger partial charge is 0.497 e. The van der Waals surface area contributed by atoms with E-state index >= 15 is 0 Å². The molecule has 1 N–H and O–H groups in total. The Kier molecular flexibility index (Phi) is 8.85. The summed E-state index contributed by atoms with van der Waals surface area (Å²) >= 11 is 0. The Bertz CT molecular complexity index is 1240. The number of nitrogens with zero attached hydrogens (tertiary/aromatic N) is 1. The minimum atomic E-state index is -1.14. The Morgan fingerprint density at radius 2 is 1.49 bits per heavy atom. The molecule has 0 saturated heterocycles. The Morgan fingerprint density at radius 3 is 1.97 bits per heavy atom. The summed E-state index contributed by atoms with van der Waals surface area (Å²) in [6.45, 7) is 0. The van der Waals surface area contributed by atoms with Crippen molar-refractivity contribution in [2.45, 2.75) is 37.8 Å². The molecule has 39 heavy (non-hydrogen) atoms. The molecule has 1 aromatic heterocycles. The summed E-state index contributed by atoms with van der Waals surface area (Å²) in [7, 11) is 7.52. The van der Waals surface area contributed by atoms with Crippen LogP contribution in [-0.2, 0) is 4.79 Å². The molecule has 1 saturated carbocycles. The molecule has 0 spiro atoms. The SMILES string of the molecule is COc1cc(OC)cc(N(C(=O)c2ccco2)C(C(=O)NC2CCCC2)c2cc(OC)c(OC)c(OC)c2)c1. The fraction of sp³-hybridized carbons (Fsp3) is 0.379. The molecule has 4 rings (SSSR count). The van der Waals surface area contributed by atoms with Gasteiger partial charge in [0.05, 0.1) is 47.5 Å². The van der Waals surface area contributed by atoms with Gasteiger partial charge in [-0.15, -0.1) is 0 Å². The van der Waals surface area contributed by atoms with E-state index in [4.69, 9.17) is 28.1 Å². The van der Waals surface area contributed by atoms with Gasteiger partial charge in [0, 0.05) is 24.2 Å². The summed E-state index contributed by atoms with van der Waals surface area (Å²) in [5.74, 6) is 1.11. The van der Waals surface area contributed by atoms with Gasteiger partial charge in [-0.05, 0) is 42.7 Å². The average Bonchev–Trinajstić information content (AvgIpc) is 3.69. The fourth-order valence-electron chi connectivity index (χ4n) is 4.86. The second-order valence-electron chi connectivity index (χ2n) is 9.07.